The Bertz CT molecular complexity index is 1500. The molecule has 2 N–H and O–H groups in total. The summed E-state index contributed by atoms with van der Waals surface area (Å²) in [4.78, 5) is 29.0. The van der Waals surface area contributed by atoms with Gasteiger partial charge < -0.3 is 20.3 Å². The third kappa shape index (κ3) is 6.30. The Morgan fingerprint density at radius 3 is 2.38 bits per heavy atom. The average Bonchev–Trinajstić information content (AvgIpc) is 3.07. The number of para-hydroxylation sites is 2. The second-order valence-corrected chi connectivity index (χ2v) is 11.6. The molecule has 1 heterocycles. The molecule has 0 saturated carbocycles. The van der Waals surface area contributed by atoms with Crippen LogP contribution in [0, 0.1) is 5.41 Å². The molecular weight excluding hydrogens is 543 g/mol. The first-order valence-electron chi connectivity index (χ1n) is 13.9. The minimum Gasteiger partial charge on any atom is -0.497 e. The lowest BCUT2D eigenvalue weighted by atomic mass is 9.73. The van der Waals surface area contributed by atoms with E-state index in [1.54, 1.807) is 7.11 Å². The van der Waals surface area contributed by atoms with Crippen molar-refractivity contribution in [3.05, 3.63) is 101 Å². The first-order chi connectivity index (χ1) is 19.9. The summed E-state index contributed by atoms with van der Waals surface area (Å²) >= 11 is 0. The van der Waals surface area contributed by atoms with Gasteiger partial charge in [-0.3, -0.25) is 9.59 Å². The lowest BCUT2D eigenvalue weighted by Gasteiger charge is -2.38. The number of anilines is 2. The van der Waals surface area contributed by atoms with Gasteiger partial charge in [0.15, 0.2) is 5.78 Å². The second kappa shape index (κ2) is 11.5. The summed E-state index contributed by atoms with van der Waals surface area (Å²) < 4.78 is 45.5. The van der Waals surface area contributed by atoms with E-state index in [1.807, 2.05) is 67.3 Å². The molecule has 6 nitrogen and oxygen atoms in total. The van der Waals surface area contributed by atoms with E-state index in [-0.39, 0.29) is 23.7 Å². The number of ether oxygens (including phenoxy) is 1. The van der Waals surface area contributed by atoms with E-state index in [0.29, 0.717) is 42.6 Å². The molecule has 42 heavy (non-hydrogen) atoms. The number of rotatable bonds is 7. The minimum atomic E-state index is -4.49. The molecule has 1 amide bonds. The smallest absolute Gasteiger partial charge is 0.416 e. The SMILES string of the molecule is COc1ccc(CCNC(=O)CN2c3ccccc3NC3=C(C(=O)CC(C)(C)C3)C2c2ccc(C(F)(F)F)cc2)cc1. The third-order valence-electron chi connectivity index (χ3n) is 7.77. The predicted molar refractivity (Wildman–Crippen MR) is 156 cm³/mol. The summed E-state index contributed by atoms with van der Waals surface area (Å²) in [6, 6.07) is 19.2. The fourth-order valence-corrected chi connectivity index (χ4v) is 5.78. The summed E-state index contributed by atoms with van der Waals surface area (Å²) in [5.74, 6) is 0.402. The number of nitrogens with zero attached hydrogens (tertiary/aromatic N) is 1. The number of carbonyl (C=O) groups excluding carboxylic acids is 2. The summed E-state index contributed by atoms with van der Waals surface area (Å²) in [5, 5.41) is 6.43. The number of hydrogen-bond acceptors (Lipinski definition) is 5. The summed E-state index contributed by atoms with van der Waals surface area (Å²) in [5.41, 5.74) is 3.11. The topological polar surface area (TPSA) is 70.7 Å². The molecule has 1 aliphatic heterocycles. The number of fused-ring (bicyclic) bond motifs is 1. The molecule has 2 aliphatic rings. The van der Waals surface area contributed by atoms with Crippen molar-refractivity contribution >= 4 is 23.1 Å². The highest BCUT2D eigenvalue weighted by molar-refractivity contribution is 6.01. The van der Waals surface area contributed by atoms with E-state index in [0.717, 1.165) is 34.8 Å². The van der Waals surface area contributed by atoms with Crippen LogP contribution in [0.5, 0.6) is 5.75 Å². The maximum atomic E-state index is 13.7. The van der Waals surface area contributed by atoms with Gasteiger partial charge in [0, 0.05) is 24.2 Å². The minimum absolute atomic E-state index is 0.0867. The van der Waals surface area contributed by atoms with Gasteiger partial charge in [-0.15, -0.1) is 0 Å². The standard InChI is InChI=1S/C33H34F3N3O3/c1-32(2)18-26-30(28(40)19-32)31(22-10-12-23(13-11-22)33(34,35)36)39(27-7-5-4-6-25(27)38-26)20-29(41)37-17-16-21-8-14-24(42-3)15-9-21/h4-15,31,38H,16-20H2,1-3H3,(H,37,41). The molecule has 1 unspecified atom stereocenters. The summed E-state index contributed by atoms with van der Waals surface area (Å²) in [6.45, 7) is 4.34. The Morgan fingerprint density at radius 2 is 1.71 bits per heavy atom. The average molecular weight is 578 g/mol. The number of hydrogen-bond donors (Lipinski definition) is 2. The first kappa shape index (κ1) is 29.2. The summed E-state index contributed by atoms with van der Waals surface area (Å²) in [6.07, 6.45) is -3.00. The molecule has 0 radical (unpaired) electrons. The van der Waals surface area contributed by atoms with Crippen molar-refractivity contribution in [3.8, 4) is 5.75 Å². The van der Waals surface area contributed by atoms with Gasteiger partial charge in [-0.1, -0.05) is 50.2 Å². The zero-order valence-electron chi connectivity index (χ0n) is 23.8. The Hall–Kier alpha value is -4.27. The molecule has 0 aromatic heterocycles. The van der Waals surface area contributed by atoms with E-state index in [4.69, 9.17) is 4.74 Å². The highest BCUT2D eigenvalue weighted by atomic mass is 19.4. The van der Waals surface area contributed by atoms with E-state index in [2.05, 4.69) is 10.6 Å². The van der Waals surface area contributed by atoms with Gasteiger partial charge in [0.25, 0.3) is 0 Å². The molecule has 220 valence electrons. The van der Waals surface area contributed by atoms with Crippen LogP contribution < -0.4 is 20.3 Å². The molecular formula is C33H34F3N3O3. The van der Waals surface area contributed by atoms with Gasteiger partial charge in [0.05, 0.1) is 36.6 Å². The molecule has 5 rings (SSSR count). The molecule has 0 bridgehead atoms. The predicted octanol–water partition coefficient (Wildman–Crippen LogP) is 6.69. The van der Waals surface area contributed by atoms with Gasteiger partial charge in [0.2, 0.25) is 5.91 Å². The number of allylic oxidation sites excluding steroid dienone is 1. The van der Waals surface area contributed by atoms with Crippen LogP contribution in [-0.2, 0) is 22.2 Å². The molecule has 9 heteroatoms. The Kier molecular flexibility index (Phi) is 8.03. The zero-order valence-corrected chi connectivity index (χ0v) is 23.8. The van der Waals surface area contributed by atoms with Crippen molar-refractivity contribution in [2.45, 2.75) is 45.3 Å². The number of carbonyl (C=O) groups is 2. The maximum Gasteiger partial charge on any atom is 0.416 e. The highest BCUT2D eigenvalue weighted by Gasteiger charge is 2.42. The maximum absolute atomic E-state index is 13.7. The second-order valence-electron chi connectivity index (χ2n) is 11.6. The molecule has 3 aromatic rings. The van der Waals surface area contributed by atoms with Crippen LogP contribution in [-0.4, -0.2) is 31.9 Å². The van der Waals surface area contributed by atoms with Crippen LogP contribution in [0.4, 0.5) is 24.5 Å². The van der Waals surface area contributed by atoms with Crippen LogP contribution >= 0.6 is 0 Å². The third-order valence-corrected chi connectivity index (χ3v) is 7.77. The quantitative estimate of drug-likeness (QED) is 0.328. The van der Waals surface area contributed by atoms with E-state index < -0.39 is 17.8 Å². The number of amides is 1. The van der Waals surface area contributed by atoms with Crippen LogP contribution in [0.15, 0.2) is 84.1 Å². The van der Waals surface area contributed by atoms with Crippen molar-refractivity contribution in [2.24, 2.45) is 5.41 Å². The number of ketones is 1. The van der Waals surface area contributed by atoms with Crippen molar-refractivity contribution in [2.75, 3.05) is 30.4 Å². The molecule has 1 aliphatic carbocycles. The molecule has 0 spiro atoms. The lowest BCUT2D eigenvalue weighted by Crippen LogP contribution is -2.42. The lowest BCUT2D eigenvalue weighted by molar-refractivity contribution is -0.137. The van der Waals surface area contributed by atoms with Crippen LogP contribution in [0.2, 0.25) is 0 Å². The monoisotopic (exact) mass is 577 g/mol. The fourth-order valence-electron chi connectivity index (χ4n) is 5.78. The Morgan fingerprint density at radius 1 is 1.02 bits per heavy atom. The van der Waals surface area contributed by atoms with Gasteiger partial charge in [-0.25, -0.2) is 0 Å². The number of nitrogens with one attached hydrogen (secondary N) is 2. The van der Waals surface area contributed by atoms with E-state index >= 15 is 0 Å². The largest absolute Gasteiger partial charge is 0.497 e. The molecule has 0 fully saturated rings. The number of Topliss-reactive ketones (excluding diaryl/α,β-unsaturated/α-hetero) is 1. The van der Waals surface area contributed by atoms with Crippen molar-refractivity contribution in [1.29, 1.82) is 0 Å². The van der Waals surface area contributed by atoms with Crippen LogP contribution in [0.1, 0.15) is 49.4 Å². The zero-order chi connectivity index (χ0) is 30.1. The van der Waals surface area contributed by atoms with Gasteiger partial charge in [-0.05, 0) is 65.8 Å². The van der Waals surface area contributed by atoms with Crippen LogP contribution in [0.25, 0.3) is 0 Å². The molecule has 3 aromatic carbocycles. The number of alkyl halides is 3. The highest BCUT2D eigenvalue weighted by Crippen LogP contribution is 2.48. The van der Waals surface area contributed by atoms with Gasteiger partial charge in [-0.2, -0.15) is 13.2 Å². The first-order valence-corrected chi connectivity index (χ1v) is 13.9. The van der Waals surface area contributed by atoms with Crippen LogP contribution in [0.3, 0.4) is 0 Å². The van der Waals surface area contributed by atoms with E-state index in [1.165, 1.54) is 12.1 Å². The fraction of sp³-hybridized carbons (Fsp3) is 0.333. The summed E-state index contributed by atoms with van der Waals surface area (Å²) in [7, 11) is 1.60. The Labute approximate surface area is 243 Å². The number of benzene rings is 3. The van der Waals surface area contributed by atoms with Crippen molar-refractivity contribution in [1.82, 2.24) is 5.32 Å². The van der Waals surface area contributed by atoms with Gasteiger partial charge >= 0.3 is 6.18 Å². The van der Waals surface area contributed by atoms with Crippen molar-refractivity contribution < 1.29 is 27.5 Å². The molecule has 1 atom stereocenters. The number of methoxy groups -OCH3 is 1. The Balaban J connectivity index is 1.50. The van der Waals surface area contributed by atoms with E-state index in [9.17, 15) is 22.8 Å². The van der Waals surface area contributed by atoms with Gasteiger partial charge in [0.1, 0.15) is 5.75 Å². The van der Waals surface area contributed by atoms with Crippen molar-refractivity contribution in [3.63, 3.8) is 0 Å². The molecule has 0 saturated heterocycles. The normalized spacial score (nSPS) is 18.0. The number of halogens is 3.